The first-order valence-electron chi connectivity index (χ1n) is 7.05. The van der Waals surface area contributed by atoms with Gasteiger partial charge >= 0.3 is 0 Å². The second-order valence-corrected chi connectivity index (χ2v) is 5.39. The molecule has 0 fully saturated rings. The lowest BCUT2D eigenvalue weighted by Crippen LogP contribution is -2.01. The van der Waals surface area contributed by atoms with Crippen LogP contribution < -0.4 is 4.74 Å². The van der Waals surface area contributed by atoms with Crippen LogP contribution in [0, 0.1) is 12.7 Å². The fourth-order valence-electron chi connectivity index (χ4n) is 2.45. The summed E-state index contributed by atoms with van der Waals surface area (Å²) in [6.45, 7) is 2.01. The maximum absolute atomic E-state index is 14.0. The highest BCUT2D eigenvalue weighted by atomic mass is 35.5. The number of alkyl halides is 1. The van der Waals surface area contributed by atoms with Crippen molar-refractivity contribution >= 4 is 11.6 Å². The lowest BCUT2D eigenvalue weighted by Gasteiger charge is -2.10. The van der Waals surface area contributed by atoms with Crippen molar-refractivity contribution < 1.29 is 9.13 Å². The van der Waals surface area contributed by atoms with Crippen molar-refractivity contribution in [2.24, 2.45) is 0 Å². The summed E-state index contributed by atoms with van der Waals surface area (Å²) in [5.74, 6) is -0.0475. The van der Waals surface area contributed by atoms with Gasteiger partial charge in [0.15, 0.2) is 11.6 Å². The monoisotopic (exact) mass is 331 g/mol. The minimum absolute atomic E-state index is 0.184. The Hall–Kier alpha value is -2.40. The number of nitrogens with zero attached hydrogens (tertiary/aromatic N) is 3. The van der Waals surface area contributed by atoms with Crippen molar-refractivity contribution in [2.75, 3.05) is 7.11 Å². The normalized spacial score (nSPS) is 10.8. The summed E-state index contributed by atoms with van der Waals surface area (Å²) in [5.41, 5.74) is 4.00. The Morgan fingerprint density at radius 1 is 1.22 bits per heavy atom. The van der Waals surface area contributed by atoms with E-state index in [1.54, 1.807) is 16.8 Å². The molecule has 0 radical (unpaired) electrons. The van der Waals surface area contributed by atoms with Gasteiger partial charge in [-0.05, 0) is 25.1 Å². The van der Waals surface area contributed by atoms with E-state index < -0.39 is 5.82 Å². The SMILES string of the molecule is COc1ccc(-n2nnc(CCl)c2-c2cccc(C)c2)cc1F. The van der Waals surface area contributed by atoms with Crippen molar-refractivity contribution in [2.45, 2.75) is 12.8 Å². The standard InChI is InChI=1S/C17H15ClFN3O/c1-11-4-3-5-12(8-11)17-15(10-18)20-21-22(17)13-6-7-16(23-2)14(19)9-13/h3-9H,10H2,1-2H3. The van der Waals surface area contributed by atoms with Gasteiger partial charge < -0.3 is 4.74 Å². The lowest BCUT2D eigenvalue weighted by atomic mass is 10.1. The van der Waals surface area contributed by atoms with Gasteiger partial charge in [0.05, 0.1) is 24.4 Å². The van der Waals surface area contributed by atoms with Crippen molar-refractivity contribution in [3.63, 3.8) is 0 Å². The molecule has 1 heterocycles. The third-order valence-corrected chi connectivity index (χ3v) is 3.79. The maximum Gasteiger partial charge on any atom is 0.167 e. The molecule has 0 saturated carbocycles. The highest BCUT2D eigenvalue weighted by molar-refractivity contribution is 6.17. The van der Waals surface area contributed by atoms with E-state index in [4.69, 9.17) is 16.3 Å². The number of halogens is 2. The van der Waals surface area contributed by atoms with Crippen LogP contribution in [0.2, 0.25) is 0 Å². The minimum Gasteiger partial charge on any atom is -0.494 e. The fourth-order valence-corrected chi connectivity index (χ4v) is 2.63. The smallest absolute Gasteiger partial charge is 0.167 e. The Labute approximate surface area is 138 Å². The number of hydrogen-bond acceptors (Lipinski definition) is 3. The van der Waals surface area contributed by atoms with Crippen LogP contribution in [0.3, 0.4) is 0 Å². The van der Waals surface area contributed by atoms with Gasteiger partial charge in [-0.2, -0.15) is 0 Å². The van der Waals surface area contributed by atoms with Gasteiger partial charge in [-0.1, -0.05) is 29.0 Å². The van der Waals surface area contributed by atoms with E-state index in [0.717, 1.165) is 16.8 Å². The van der Waals surface area contributed by atoms with Gasteiger partial charge in [0.1, 0.15) is 5.69 Å². The number of ether oxygens (including phenoxy) is 1. The molecule has 0 saturated heterocycles. The zero-order valence-electron chi connectivity index (χ0n) is 12.8. The predicted molar refractivity (Wildman–Crippen MR) is 87.6 cm³/mol. The van der Waals surface area contributed by atoms with E-state index in [1.807, 2.05) is 31.2 Å². The third kappa shape index (κ3) is 2.92. The van der Waals surface area contributed by atoms with Crippen molar-refractivity contribution in [1.29, 1.82) is 0 Å². The quantitative estimate of drug-likeness (QED) is 0.675. The highest BCUT2D eigenvalue weighted by Gasteiger charge is 2.17. The maximum atomic E-state index is 14.0. The van der Waals surface area contributed by atoms with Crippen LogP contribution in [0.5, 0.6) is 5.75 Å². The molecule has 0 aliphatic heterocycles. The second-order valence-electron chi connectivity index (χ2n) is 5.12. The van der Waals surface area contributed by atoms with E-state index in [9.17, 15) is 4.39 Å². The summed E-state index contributed by atoms with van der Waals surface area (Å²) in [6, 6.07) is 12.6. The lowest BCUT2D eigenvalue weighted by molar-refractivity contribution is 0.386. The first-order chi connectivity index (χ1) is 11.1. The molecule has 0 aliphatic rings. The number of aromatic nitrogens is 3. The van der Waals surface area contributed by atoms with Crippen LogP contribution in [0.1, 0.15) is 11.3 Å². The number of hydrogen-bond donors (Lipinski definition) is 0. The first kappa shape index (κ1) is 15.5. The van der Waals surface area contributed by atoms with E-state index in [-0.39, 0.29) is 11.6 Å². The van der Waals surface area contributed by atoms with Crippen LogP contribution in [-0.2, 0) is 5.88 Å². The number of benzene rings is 2. The van der Waals surface area contributed by atoms with Gasteiger partial charge in [0.2, 0.25) is 0 Å². The van der Waals surface area contributed by atoms with E-state index in [0.29, 0.717) is 11.4 Å². The van der Waals surface area contributed by atoms with Crippen LogP contribution in [-0.4, -0.2) is 22.1 Å². The molecular formula is C17H15ClFN3O. The summed E-state index contributed by atoms with van der Waals surface area (Å²) in [6.07, 6.45) is 0. The number of aryl methyl sites for hydroxylation is 1. The van der Waals surface area contributed by atoms with Crippen LogP contribution in [0.4, 0.5) is 4.39 Å². The minimum atomic E-state index is -0.455. The molecule has 0 atom stereocenters. The second kappa shape index (κ2) is 6.38. The molecule has 4 nitrogen and oxygen atoms in total. The molecule has 0 unspecified atom stereocenters. The molecule has 1 aromatic heterocycles. The molecule has 23 heavy (non-hydrogen) atoms. The molecule has 3 aromatic rings. The van der Waals surface area contributed by atoms with E-state index in [2.05, 4.69) is 10.3 Å². The Bertz CT molecular complexity index is 848. The van der Waals surface area contributed by atoms with Crippen LogP contribution in [0.25, 0.3) is 16.9 Å². The average Bonchev–Trinajstić information content (AvgIpc) is 2.98. The highest BCUT2D eigenvalue weighted by Crippen LogP contribution is 2.28. The van der Waals surface area contributed by atoms with Gasteiger partial charge in [0, 0.05) is 11.6 Å². The summed E-state index contributed by atoms with van der Waals surface area (Å²) in [4.78, 5) is 0. The molecular weight excluding hydrogens is 317 g/mol. The Morgan fingerprint density at radius 2 is 2.04 bits per heavy atom. The summed E-state index contributed by atoms with van der Waals surface area (Å²) < 4.78 is 20.6. The first-order valence-corrected chi connectivity index (χ1v) is 7.59. The van der Waals surface area contributed by atoms with Crippen molar-refractivity contribution in [1.82, 2.24) is 15.0 Å². The molecule has 0 spiro atoms. The van der Waals surface area contributed by atoms with Gasteiger partial charge in [-0.3, -0.25) is 0 Å². The zero-order valence-corrected chi connectivity index (χ0v) is 13.5. The molecule has 0 bridgehead atoms. The topological polar surface area (TPSA) is 39.9 Å². The van der Waals surface area contributed by atoms with Crippen LogP contribution in [0.15, 0.2) is 42.5 Å². The molecule has 2 aromatic carbocycles. The van der Waals surface area contributed by atoms with Gasteiger partial charge in [-0.25, -0.2) is 9.07 Å². The van der Waals surface area contributed by atoms with Gasteiger partial charge in [0.25, 0.3) is 0 Å². The molecule has 3 rings (SSSR count). The van der Waals surface area contributed by atoms with Crippen molar-refractivity contribution in [3.8, 4) is 22.7 Å². The summed E-state index contributed by atoms with van der Waals surface area (Å²) >= 11 is 5.99. The average molecular weight is 332 g/mol. The Morgan fingerprint density at radius 3 is 2.70 bits per heavy atom. The fraction of sp³-hybridized carbons (Fsp3) is 0.176. The number of methoxy groups -OCH3 is 1. The molecule has 6 heteroatoms. The predicted octanol–water partition coefficient (Wildman–Crippen LogP) is 4.13. The summed E-state index contributed by atoms with van der Waals surface area (Å²) in [5, 5.41) is 8.25. The number of rotatable bonds is 4. The molecule has 0 aliphatic carbocycles. The molecule has 118 valence electrons. The molecule has 0 amide bonds. The van der Waals surface area contributed by atoms with Crippen LogP contribution >= 0.6 is 11.6 Å². The summed E-state index contributed by atoms with van der Waals surface area (Å²) in [7, 11) is 1.43. The van der Waals surface area contributed by atoms with Gasteiger partial charge in [-0.15, -0.1) is 16.7 Å². The third-order valence-electron chi connectivity index (χ3n) is 3.54. The van der Waals surface area contributed by atoms with E-state index in [1.165, 1.54) is 13.2 Å². The van der Waals surface area contributed by atoms with Crippen molar-refractivity contribution in [3.05, 3.63) is 59.5 Å². The Kier molecular flexibility index (Phi) is 4.30. The largest absolute Gasteiger partial charge is 0.494 e. The zero-order chi connectivity index (χ0) is 16.4. The van der Waals surface area contributed by atoms with E-state index >= 15 is 0 Å². The Balaban J connectivity index is 2.17. The molecule has 0 N–H and O–H groups in total.